The topological polar surface area (TPSA) is 98.6 Å². The number of aromatic amines is 1. The van der Waals surface area contributed by atoms with Crippen molar-refractivity contribution in [3.05, 3.63) is 50.9 Å². The number of aromatic carboxylic acids is 1. The Balaban J connectivity index is 0.00000245. The number of carboxylic acids is 1. The lowest BCUT2D eigenvalue weighted by Crippen LogP contribution is -2.27. The van der Waals surface area contributed by atoms with Gasteiger partial charge in [0.05, 0.1) is 5.69 Å². The molecule has 5 rings (SSSR count). The Morgan fingerprint density at radius 3 is 2.69 bits per heavy atom. The van der Waals surface area contributed by atoms with E-state index >= 15 is 0 Å². The number of pyridine rings is 1. The number of nitrogens with one attached hydrogen (secondary N) is 1. The molecule has 1 unspecified atom stereocenters. The lowest BCUT2D eigenvalue weighted by Gasteiger charge is -2.21. The number of aromatic hydroxyl groups is 1. The molecule has 0 spiro atoms. The average molecular weight is 458 g/mol. The van der Waals surface area contributed by atoms with Crippen molar-refractivity contribution in [2.75, 3.05) is 6.54 Å². The highest BCUT2D eigenvalue weighted by atomic mass is 35.5. The predicted octanol–water partition coefficient (Wildman–Crippen LogP) is 3.83. The average Bonchev–Trinajstić information content (AvgIpc) is 3.19. The minimum atomic E-state index is -1.41. The largest absolute Gasteiger partial charge is 0.506 e. The number of halogens is 1. The van der Waals surface area contributed by atoms with Crippen LogP contribution in [0.1, 0.15) is 53.4 Å². The molecule has 1 fully saturated rings. The molecule has 7 nitrogen and oxygen atoms in total. The van der Waals surface area contributed by atoms with E-state index in [9.17, 15) is 19.8 Å². The number of hydrogen-bond acceptors (Lipinski definition) is 4. The van der Waals surface area contributed by atoms with Crippen LogP contribution < -0.4 is 5.56 Å². The van der Waals surface area contributed by atoms with Crippen LogP contribution in [0.25, 0.3) is 22.2 Å². The fourth-order valence-electron chi connectivity index (χ4n) is 5.27. The molecule has 170 valence electrons. The number of hydrogen-bond donors (Lipinski definition) is 3. The summed E-state index contributed by atoms with van der Waals surface area (Å²) >= 11 is 0. The zero-order valence-corrected chi connectivity index (χ0v) is 19.1. The number of benzene rings is 1. The summed E-state index contributed by atoms with van der Waals surface area (Å²) in [5.41, 5.74) is 4.08. The Morgan fingerprint density at radius 1 is 1.22 bits per heavy atom. The highest BCUT2D eigenvalue weighted by molar-refractivity contribution is 5.93. The fraction of sp³-hybridized carbons (Fsp3) is 0.417. The van der Waals surface area contributed by atoms with E-state index in [4.69, 9.17) is 0 Å². The molecular weight excluding hydrogens is 430 g/mol. The van der Waals surface area contributed by atoms with Gasteiger partial charge < -0.3 is 19.8 Å². The van der Waals surface area contributed by atoms with E-state index in [1.54, 1.807) is 0 Å². The molecule has 1 atom stereocenters. The van der Waals surface area contributed by atoms with E-state index in [1.165, 1.54) is 18.5 Å². The van der Waals surface area contributed by atoms with Gasteiger partial charge in [-0.15, -0.1) is 12.4 Å². The number of carboxylic acid groups (broad SMARTS) is 1. The number of likely N-dealkylation sites (tertiary alicyclic amines) is 1. The number of aromatic nitrogens is 2. The first-order chi connectivity index (χ1) is 14.8. The monoisotopic (exact) mass is 457 g/mol. The van der Waals surface area contributed by atoms with Crippen LogP contribution in [-0.2, 0) is 26.4 Å². The van der Waals surface area contributed by atoms with Crippen molar-refractivity contribution in [1.82, 2.24) is 14.5 Å². The molecule has 3 aromatic rings. The zero-order chi connectivity index (χ0) is 21.9. The van der Waals surface area contributed by atoms with E-state index < -0.39 is 22.8 Å². The standard InChI is InChI=1S/C24H27N3O4.ClH/c1-13-5-4-8-27(13)12-16-9-15-10-18-14(11-19(15)26(16)2)6-3-7-17-21(18)25-23(29)20(22(17)28)24(30)31;/h9-11,13H,3-8,12H2,1-2H3,(H,30,31)(H2,25,28,29);1H. The summed E-state index contributed by atoms with van der Waals surface area (Å²) in [5, 5.41) is 21.0. The van der Waals surface area contributed by atoms with Crippen molar-refractivity contribution in [3.8, 4) is 17.0 Å². The van der Waals surface area contributed by atoms with Gasteiger partial charge in [-0.1, -0.05) is 0 Å². The van der Waals surface area contributed by atoms with E-state index in [0.29, 0.717) is 23.7 Å². The van der Waals surface area contributed by atoms with Crippen LogP contribution in [0.3, 0.4) is 0 Å². The van der Waals surface area contributed by atoms with Gasteiger partial charge in [0.15, 0.2) is 5.56 Å². The third-order valence-electron chi connectivity index (χ3n) is 7.07. The molecule has 2 aromatic heterocycles. The van der Waals surface area contributed by atoms with Crippen molar-refractivity contribution >= 4 is 29.3 Å². The first kappa shape index (κ1) is 22.4. The molecule has 0 radical (unpaired) electrons. The minimum Gasteiger partial charge on any atom is -0.506 e. The Morgan fingerprint density at radius 2 is 2.00 bits per heavy atom. The van der Waals surface area contributed by atoms with Crippen molar-refractivity contribution in [1.29, 1.82) is 0 Å². The molecule has 1 saturated heterocycles. The van der Waals surface area contributed by atoms with E-state index in [-0.39, 0.29) is 12.4 Å². The fourth-order valence-corrected chi connectivity index (χ4v) is 5.27. The third kappa shape index (κ3) is 3.49. The maximum atomic E-state index is 12.4. The molecular formula is C24H28ClN3O4. The van der Waals surface area contributed by atoms with E-state index in [0.717, 1.165) is 48.0 Å². The summed E-state index contributed by atoms with van der Waals surface area (Å²) in [5.74, 6) is -1.82. The lowest BCUT2D eigenvalue weighted by atomic mass is 9.98. The summed E-state index contributed by atoms with van der Waals surface area (Å²) in [6, 6.07) is 7.05. The zero-order valence-electron chi connectivity index (χ0n) is 18.3. The molecule has 32 heavy (non-hydrogen) atoms. The molecule has 0 bridgehead atoms. The number of nitrogens with zero attached hydrogens (tertiary/aromatic N) is 2. The van der Waals surface area contributed by atoms with Crippen LogP contribution in [0.2, 0.25) is 0 Å². The second kappa shape index (κ2) is 8.30. The highest BCUT2D eigenvalue weighted by Gasteiger charge is 2.26. The number of H-pyrrole nitrogens is 1. The first-order valence-electron chi connectivity index (χ1n) is 10.9. The third-order valence-corrected chi connectivity index (χ3v) is 7.07. The van der Waals surface area contributed by atoms with Crippen LogP contribution in [0.15, 0.2) is 23.0 Å². The molecule has 0 amide bonds. The number of aryl methyl sites for hydroxylation is 2. The highest BCUT2D eigenvalue weighted by Crippen LogP contribution is 2.38. The maximum absolute atomic E-state index is 12.4. The van der Waals surface area contributed by atoms with Gasteiger partial charge in [-0.05, 0) is 69.3 Å². The van der Waals surface area contributed by atoms with Crippen LogP contribution >= 0.6 is 12.4 Å². The van der Waals surface area contributed by atoms with Crippen LogP contribution in [0.5, 0.6) is 5.75 Å². The molecule has 3 N–H and O–H groups in total. The lowest BCUT2D eigenvalue weighted by molar-refractivity contribution is 0.0691. The smallest absolute Gasteiger partial charge is 0.345 e. The van der Waals surface area contributed by atoms with Crippen LogP contribution in [0, 0.1) is 0 Å². The quantitative estimate of drug-likeness (QED) is 0.555. The van der Waals surface area contributed by atoms with Gasteiger partial charge in [0.2, 0.25) is 0 Å². The minimum absolute atomic E-state index is 0. The van der Waals surface area contributed by atoms with Crippen LogP contribution in [-0.4, -0.2) is 43.2 Å². The van der Waals surface area contributed by atoms with Crippen molar-refractivity contribution in [3.63, 3.8) is 0 Å². The summed E-state index contributed by atoms with van der Waals surface area (Å²) in [6.07, 6.45) is 4.57. The molecule has 1 aliphatic carbocycles. The van der Waals surface area contributed by atoms with Crippen molar-refractivity contribution in [2.45, 2.75) is 51.6 Å². The SMILES string of the molecule is CC1CCCN1Cc1cc2cc3c(cc2n1C)CCCc1c-3[nH]c(=O)c(C(=O)O)c1O.Cl. The van der Waals surface area contributed by atoms with Gasteiger partial charge in [-0.25, -0.2) is 4.79 Å². The van der Waals surface area contributed by atoms with Gasteiger partial charge in [-0.3, -0.25) is 9.69 Å². The second-order valence-electron chi connectivity index (χ2n) is 8.91. The summed E-state index contributed by atoms with van der Waals surface area (Å²) in [7, 11) is 2.10. The normalized spacial score (nSPS) is 18.1. The Kier molecular flexibility index (Phi) is 5.81. The second-order valence-corrected chi connectivity index (χ2v) is 8.91. The number of rotatable bonds is 3. The molecule has 0 saturated carbocycles. The Labute approximate surface area is 192 Å². The van der Waals surface area contributed by atoms with Gasteiger partial charge in [0.1, 0.15) is 5.75 Å². The number of fused-ring (bicyclic) bond motifs is 4. The Bertz CT molecular complexity index is 1280. The van der Waals surface area contributed by atoms with E-state index in [1.807, 2.05) is 0 Å². The first-order valence-corrected chi connectivity index (χ1v) is 10.9. The van der Waals surface area contributed by atoms with Crippen molar-refractivity contribution in [2.24, 2.45) is 7.05 Å². The van der Waals surface area contributed by atoms with Crippen LogP contribution in [0.4, 0.5) is 0 Å². The number of carbonyl (C=O) groups is 1. The molecule has 8 heteroatoms. The molecule has 2 aliphatic rings. The van der Waals surface area contributed by atoms with Gasteiger partial charge in [0, 0.05) is 47.4 Å². The van der Waals surface area contributed by atoms with E-state index in [2.05, 4.69) is 46.6 Å². The Hall–Kier alpha value is -2.77. The summed E-state index contributed by atoms with van der Waals surface area (Å²) < 4.78 is 2.25. The molecule has 1 aliphatic heterocycles. The predicted molar refractivity (Wildman–Crippen MR) is 126 cm³/mol. The van der Waals surface area contributed by atoms with Crippen molar-refractivity contribution < 1.29 is 15.0 Å². The summed E-state index contributed by atoms with van der Waals surface area (Å²) in [6.45, 7) is 4.31. The summed E-state index contributed by atoms with van der Waals surface area (Å²) in [4.78, 5) is 29.1. The molecule has 3 heterocycles. The molecule has 1 aromatic carbocycles. The van der Waals surface area contributed by atoms with Gasteiger partial charge in [-0.2, -0.15) is 0 Å². The van der Waals surface area contributed by atoms with Gasteiger partial charge in [0.25, 0.3) is 5.56 Å². The van der Waals surface area contributed by atoms with Gasteiger partial charge >= 0.3 is 5.97 Å². The maximum Gasteiger partial charge on any atom is 0.345 e.